The molecule has 0 aromatic carbocycles. The van der Waals surface area contributed by atoms with Gasteiger partial charge in [0.05, 0.1) is 0 Å². The first-order valence-corrected chi connectivity index (χ1v) is 6.71. The van der Waals surface area contributed by atoms with Crippen LogP contribution in [0.3, 0.4) is 0 Å². The fourth-order valence-electron chi connectivity index (χ4n) is 1.30. The summed E-state index contributed by atoms with van der Waals surface area (Å²) in [5.41, 5.74) is -0.178. The Kier molecular flexibility index (Phi) is 8.47. The summed E-state index contributed by atoms with van der Waals surface area (Å²) in [5.74, 6) is 0.496. The van der Waals surface area contributed by atoms with Crippen LogP contribution >= 0.6 is 11.8 Å². The van der Waals surface area contributed by atoms with Crippen molar-refractivity contribution in [2.75, 3.05) is 5.75 Å². The first-order valence-electron chi connectivity index (χ1n) is 5.67. The van der Waals surface area contributed by atoms with Crippen molar-refractivity contribution in [1.29, 1.82) is 0 Å². The SMILES string of the molecule is CC(=O)OC(C)SCCCCCCC(F)(F)F. The largest absolute Gasteiger partial charge is 0.452 e. The van der Waals surface area contributed by atoms with Crippen LogP contribution in [0.1, 0.15) is 46.0 Å². The van der Waals surface area contributed by atoms with E-state index in [4.69, 9.17) is 4.74 Å². The molecule has 0 radical (unpaired) electrons. The van der Waals surface area contributed by atoms with E-state index in [1.54, 1.807) is 6.92 Å². The molecule has 0 spiro atoms. The van der Waals surface area contributed by atoms with Gasteiger partial charge in [0.1, 0.15) is 5.44 Å². The number of carbonyl (C=O) groups is 1. The van der Waals surface area contributed by atoms with E-state index < -0.39 is 12.6 Å². The molecular formula is C11H19F3O2S. The number of halogens is 3. The van der Waals surface area contributed by atoms with Crippen LogP contribution in [0.5, 0.6) is 0 Å². The van der Waals surface area contributed by atoms with Gasteiger partial charge in [-0.2, -0.15) is 13.2 Å². The molecular weight excluding hydrogens is 253 g/mol. The van der Waals surface area contributed by atoms with Gasteiger partial charge in [0, 0.05) is 13.3 Å². The molecule has 0 aromatic rings. The third kappa shape index (κ3) is 13.5. The smallest absolute Gasteiger partial charge is 0.389 e. The number of hydrogen-bond donors (Lipinski definition) is 0. The number of esters is 1. The maximum absolute atomic E-state index is 11.8. The molecule has 0 heterocycles. The van der Waals surface area contributed by atoms with E-state index in [1.165, 1.54) is 18.7 Å². The molecule has 17 heavy (non-hydrogen) atoms. The Bertz CT molecular complexity index is 219. The molecule has 0 bridgehead atoms. The zero-order chi connectivity index (χ0) is 13.3. The highest BCUT2D eigenvalue weighted by Gasteiger charge is 2.25. The summed E-state index contributed by atoms with van der Waals surface area (Å²) < 4.78 is 40.3. The lowest BCUT2D eigenvalue weighted by molar-refractivity contribution is -0.141. The molecule has 0 saturated heterocycles. The first kappa shape index (κ1) is 16.6. The molecule has 0 aliphatic carbocycles. The van der Waals surface area contributed by atoms with E-state index in [1.807, 2.05) is 0 Å². The Hall–Kier alpha value is -0.390. The van der Waals surface area contributed by atoms with Crippen molar-refractivity contribution < 1.29 is 22.7 Å². The number of ether oxygens (including phenoxy) is 1. The van der Waals surface area contributed by atoms with E-state index >= 15 is 0 Å². The van der Waals surface area contributed by atoms with Crippen LogP contribution < -0.4 is 0 Å². The van der Waals surface area contributed by atoms with Crippen LogP contribution in [0, 0.1) is 0 Å². The molecule has 0 rings (SSSR count). The van der Waals surface area contributed by atoms with Crippen LogP contribution in [0.4, 0.5) is 13.2 Å². The fraction of sp³-hybridized carbons (Fsp3) is 0.909. The van der Waals surface area contributed by atoms with Crippen molar-refractivity contribution in [3.8, 4) is 0 Å². The molecule has 1 unspecified atom stereocenters. The average molecular weight is 272 g/mol. The lowest BCUT2D eigenvalue weighted by atomic mass is 10.1. The summed E-state index contributed by atoms with van der Waals surface area (Å²) in [6.07, 6.45) is -2.28. The van der Waals surface area contributed by atoms with Crippen LogP contribution in [0.25, 0.3) is 0 Å². The zero-order valence-electron chi connectivity index (χ0n) is 10.2. The Labute approximate surface area is 104 Å². The topological polar surface area (TPSA) is 26.3 Å². The number of unbranched alkanes of at least 4 members (excludes halogenated alkanes) is 3. The van der Waals surface area contributed by atoms with E-state index in [0.29, 0.717) is 6.42 Å². The summed E-state index contributed by atoms with van der Waals surface area (Å²) >= 11 is 1.50. The first-order chi connectivity index (χ1) is 7.81. The van der Waals surface area contributed by atoms with Gasteiger partial charge in [-0.15, -0.1) is 11.8 Å². The summed E-state index contributed by atoms with van der Waals surface area (Å²) in [7, 11) is 0. The molecule has 0 aromatic heterocycles. The van der Waals surface area contributed by atoms with Crippen LogP contribution in [0.2, 0.25) is 0 Å². The molecule has 6 heteroatoms. The van der Waals surface area contributed by atoms with Crippen LogP contribution in [-0.4, -0.2) is 23.3 Å². The van der Waals surface area contributed by atoms with Gasteiger partial charge in [-0.1, -0.05) is 12.8 Å². The van der Waals surface area contributed by atoms with E-state index in [9.17, 15) is 18.0 Å². The average Bonchev–Trinajstić information content (AvgIpc) is 2.13. The highest BCUT2D eigenvalue weighted by Crippen LogP contribution is 2.23. The molecule has 0 amide bonds. The Morgan fingerprint density at radius 3 is 2.35 bits per heavy atom. The predicted octanol–water partition coefficient (Wildman–Crippen LogP) is 4.14. The Morgan fingerprint density at radius 2 is 1.82 bits per heavy atom. The maximum Gasteiger partial charge on any atom is 0.389 e. The van der Waals surface area contributed by atoms with Crippen molar-refractivity contribution in [3.05, 3.63) is 0 Å². The van der Waals surface area contributed by atoms with Gasteiger partial charge in [0.15, 0.2) is 0 Å². The van der Waals surface area contributed by atoms with Gasteiger partial charge in [-0.05, 0) is 25.5 Å². The number of rotatable bonds is 8. The summed E-state index contributed by atoms with van der Waals surface area (Å²) in [6, 6.07) is 0. The molecule has 0 saturated carbocycles. The van der Waals surface area contributed by atoms with Crippen molar-refractivity contribution >= 4 is 17.7 Å². The standard InChI is InChI=1S/C11H19F3O2S/c1-9(15)16-10(2)17-8-6-4-3-5-7-11(12,13)14/h10H,3-8H2,1-2H3. The molecule has 0 aliphatic rings. The number of alkyl halides is 3. The Balaban J connectivity index is 3.27. The molecule has 1 atom stereocenters. The monoisotopic (exact) mass is 272 g/mol. The van der Waals surface area contributed by atoms with Gasteiger partial charge in [-0.3, -0.25) is 4.79 Å². The van der Waals surface area contributed by atoms with Gasteiger partial charge in [0.25, 0.3) is 0 Å². The summed E-state index contributed by atoms with van der Waals surface area (Å²) in [4.78, 5) is 10.6. The van der Waals surface area contributed by atoms with Crippen molar-refractivity contribution in [1.82, 2.24) is 0 Å². The molecule has 0 fully saturated rings. The number of carbonyl (C=O) groups excluding carboxylic acids is 1. The highest BCUT2D eigenvalue weighted by atomic mass is 32.2. The minimum Gasteiger partial charge on any atom is -0.452 e. The van der Waals surface area contributed by atoms with E-state index in [0.717, 1.165) is 18.6 Å². The second-order valence-electron chi connectivity index (χ2n) is 3.83. The zero-order valence-corrected chi connectivity index (χ0v) is 11.0. The molecule has 2 nitrogen and oxygen atoms in total. The highest BCUT2D eigenvalue weighted by molar-refractivity contribution is 7.99. The lowest BCUT2D eigenvalue weighted by Gasteiger charge is -2.10. The minimum absolute atomic E-state index is 0.178. The number of hydrogen-bond acceptors (Lipinski definition) is 3. The Morgan fingerprint density at radius 1 is 1.24 bits per heavy atom. The lowest BCUT2D eigenvalue weighted by Crippen LogP contribution is -2.08. The van der Waals surface area contributed by atoms with E-state index in [-0.39, 0.29) is 17.8 Å². The van der Waals surface area contributed by atoms with Gasteiger partial charge in [0.2, 0.25) is 0 Å². The van der Waals surface area contributed by atoms with Gasteiger partial charge < -0.3 is 4.74 Å². The second kappa shape index (κ2) is 8.66. The molecule has 0 aliphatic heterocycles. The second-order valence-corrected chi connectivity index (χ2v) is 5.23. The third-order valence-corrected chi connectivity index (χ3v) is 3.13. The quantitative estimate of drug-likeness (QED) is 0.377. The fourth-order valence-corrected chi connectivity index (χ4v) is 2.20. The van der Waals surface area contributed by atoms with Gasteiger partial charge >= 0.3 is 12.1 Å². The molecule has 102 valence electrons. The number of thioether (sulfide) groups is 1. The van der Waals surface area contributed by atoms with Crippen LogP contribution in [-0.2, 0) is 9.53 Å². The maximum atomic E-state index is 11.8. The van der Waals surface area contributed by atoms with E-state index in [2.05, 4.69) is 0 Å². The van der Waals surface area contributed by atoms with Gasteiger partial charge in [-0.25, -0.2) is 0 Å². The summed E-state index contributed by atoms with van der Waals surface area (Å²) in [5, 5.41) is 0. The predicted molar refractivity (Wildman–Crippen MR) is 62.8 cm³/mol. The minimum atomic E-state index is -4.03. The summed E-state index contributed by atoms with van der Waals surface area (Å²) in [6.45, 7) is 3.14. The molecule has 0 N–H and O–H groups in total. The van der Waals surface area contributed by atoms with Crippen molar-refractivity contribution in [3.63, 3.8) is 0 Å². The van der Waals surface area contributed by atoms with Crippen molar-refractivity contribution in [2.45, 2.75) is 57.6 Å². The van der Waals surface area contributed by atoms with Crippen LogP contribution in [0.15, 0.2) is 0 Å². The normalized spacial score (nSPS) is 13.5. The third-order valence-electron chi connectivity index (χ3n) is 2.04. The van der Waals surface area contributed by atoms with Crippen molar-refractivity contribution in [2.24, 2.45) is 0 Å².